The summed E-state index contributed by atoms with van der Waals surface area (Å²) in [4.78, 5) is 5.60. The lowest BCUT2D eigenvalue weighted by Crippen LogP contribution is -1.95. The number of nitrogens with two attached hydrogens (primary N) is 1. The van der Waals surface area contributed by atoms with Crippen molar-refractivity contribution < 1.29 is 0 Å². The minimum absolute atomic E-state index is 0. The molecule has 0 saturated carbocycles. The summed E-state index contributed by atoms with van der Waals surface area (Å²) in [5, 5.41) is 5.14. The van der Waals surface area contributed by atoms with Crippen LogP contribution in [0, 0.1) is 0 Å². The summed E-state index contributed by atoms with van der Waals surface area (Å²) in [5.74, 6) is 0. The molecule has 0 spiro atoms. The molecular weight excluding hydrogens is 259 g/mol. The molecule has 2 rings (SSSR count). The van der Waals surface area contributed by atoms with Crippen molar-refractivity contribution in [1.29, 1.82) is 0 Å². The van der Waals surface area contributed by atoms with Crippen LogP contribution in [0.2, 0.25) is 0 Å². The average molecular weight is 269 g/mol. The van der Waals surface area contributed by atoms with E-state index in [4.69, 9.17) is 5.73 Å². The zero-order valence-corrected chi connectivity index (χ0v) is 10.4. The second-order valence-corrected chi connectivity index (χ2v) is 4.13. The standard InChI is InChI=1S/C8H8N2S2.2ClH/c9-4-6-5-12-8(10-6)7-2-1-3-11-7;;/h1-3,5H,4,9H2;2*1H. The number of nitrogens with zero attached hydrogens (tertiary/aromatic N) is 1. The first kappa shape index (κ1) is 13.9. The van der Waals surface area contributed by atoms with Crippen molar-refractivity contribution in [2.75, 3.05) is 0 Å². The van der Waals surface area contributed by atoms with Gasteiger partial charge in [-0.3, -0.25) is 0 Å². The van der Waals surface area contributed by atoms with Gasteiger partial charge in [0.1, 0.15) is 5.01 Å². The molecule has 2 N–H and O–H groups in total. The van der Waals surface area contributed by atoms with Crippen LogP contribution in [-0.2, 0) is 6.54 Å². The fraction of sp³-hybridized carbons (Fsp3) is 0.125. The summed E-state index contributed by atoms with van der Waals surface area (Å²) < 4.78 is 0. The monoisotopic (exact) mass is 268 g/mol. The normalized spacial score (nSPS) is 8.93. The van der Waals surface area contributed by atoms with Crippen LogP contribution in [0.5, 0.6) is 0 Å². The summed E-state index contributed by atoms with van der Waals surface area (Å²) >= 11 is 3.36. The van der Waals surface area contributed by atoms with E-state index in [1.807, 2.05) is 11.4 Å². The van der Waals surface area contributed by atoms with E-state index in [1.165, 1.54) is 4.88 Å². The summed E-state index contributed by atoms with van der Waals surface area (Å²) in [6.45, 7) is 0.530. The molecule has 0 radical (unpaired) electrons. The van der Waals surface area contributed by atoms with Crippen LogP contribution in [0.15, 0.2) is 22.9 Å². The molecule has 6 heteroatoms. The fourth-order valence-electron chi connectivity index (χ4n) is 0.914. The topological polar surface area (TPSA) is 38.9 Å². The number of rotatable bonds is 2. The van der Waals surface area contributed by atoms with Crippen LogP contribution in [0.1, 0.15) is 5.69 Å². The predicted octanol–water partition coefficient (Wildman–Crippen LogP) is 3.17. The van der Waals surface area contributed by atoms with E-state index in [0.29, 0.717) is 6.54 Å². The van der Waals surface area contributed by atoms with Crippen molar-refractivity contribution in [2.24, 2.45) is 5.73 Å². The van der Waals surface area contributed by atoms with Gasteiger partial charge in [-0.15, -0.1) is 47.5 Å². The number of hydrogen-bond donors (Lipinski definition) is 1. The first-order valence-corrected chi connectivity index (χ1v) is 5.34. The Labute approximate surface area is 103 Å². The molecule has 0 atom stereocenters. The van der Waals surface area contributed by atoms with Gasteiger partial charge in [-0.1, -0.05) is 6.07 Å². The van der Waals surface area contributed by atoms with E-state index >= 15 is 0 Å². The molecule has 2 aromatic heterocycles. The van der Waals surface area contributed by atoms with E-state index in [-0.39, 0.29) is 24.8 Å². The van der Waals surface area contributed by atoms with Crippen molar-refractivity contribution in [3.05, 3.63) is 28.6 Å². The highest BCUT2D eigenvalue weighted by Gasteiger charge is 2.03. The largest absolute Gasteiger partial charge is 0.325 e. The Morgan fingerprint density at radius 1 is 1.29 bits per heavy atom. The van der Waals surface area contributed by atoms with Gasteiger partial charge in [-0.2, -0.15) is 0 Å². The molecule has 0 bridgehead atoms. The second kappa shape index (κ2) is 6.37. The SMILES string of the molecule is Cl.Cl.NCc1csc(-c2cccs2)n1. The molecule has 78 valence electrons. The second-order valence-electron chi connectivity index (χ2n) is 2.33. The highest BCUT2D eigenvalue weighted by Crippen LogP contribution is 2.27. The molecule has 0 saturated heterocycles. The van der Waals surface area contributed by atoms with Crippen molar-refractivity contribution in [2.45, 2.75) is 6.54 Å². The number of hydrogen-bond acceptors (Lipinski definition) is 4. The molecule has 0 aromatic carbocycles. The number of halogens is 2. The minimum Gasteiger partial charge on any atom is -0.325 e. The Morgan fingerprint density at radius 2 is 2.07 bits per heavy atom. The first-order chi connectivity index (χ1) is 5.90. The van der Waals surface area contributed by atoms with Crippen molar-refractivity contribution in [3.8, 4) is 9.88 Å². The Kier molecular flexibility index (Phi) is 6.31. The molecule has 0 aliphatic heterocycles. The predicted molar refractivity (Wildman–Crippen MR) is 67.8 cm³/mol. The van der Waals surface area contributed by atoms with Crippen LogP contribution < -0.4 is 5.73 Å². The van der Waals surface area contributed by atoms with Crippen LogP contribution >= 0.6 is 47.5 Å². The molecule has 2 aromatic rings. The third-order valence-electron chi connectivity index (χ3n) is 1.49. The fourth-order valence-corrected chi connectivity index (χ4v) is 2.56. The summed E-state index contributed by atoms with van der Waals surface area (Å²) in [6, 6.07) is 4.10. The average Bonchev–Trinajstić information content (AvgIpc) is 2.75. The Morgan fingerprint density at radius 3 is 2.57 bits per heavy atom. The third-order valence-corrected chi connectivity index (χ3v) is 3.42. The van der Waals surface area contributed by atoms with Crippen molar-refractivity contribution in [1.82, 2.24) is 4.98 Å². The number of thiophene rings is 1. The van der Waals surface area contributed by atoms with E-state index < -0.39 is 0 Å². The van der Waals surface area contributed by atoms with Gasteiger partial charge in [0.15, 0.2) is 0 Å². The van der Waals surface area contributed by atoms with Gasteiger partial charge in [0.25, 0.3) is 0 Å². The third kappa shape index (κ3) is 2.93. The highest BCUT2D eigenvalue weighted by molar-refractivity contribution is 7.20. The lowest BCUT2D eigenvalue weighted by atomic mass is 10.4. The highest BCUT2D eigenvalue weighted by atomic mass is 35.5. The zero-order chi connectivity index (χ0) is 8.39. The Bertz CT molecular complexity index is 359. The van der Waals surface area contributed by atoms with Crippen molar-refractivity contribution >= 4 is 47.5 Å². The lowest BCUT2D eigenvalue weighted by molar-refractivity contribution is 1.01. The van der Waals surface area contributed by atoms with E-state index in [9.17, 15) is 0 Å². The molecule has 0 aliphatic carbocycles. The maximum Gasteiger partial charge on any atom is 0.133 e. The molecule has 0 aliphatic rings. The van der Waals surface area contributed by atoms with Gasteiger partial charge in [-0.25, -0.2) is 4.98 Å². The van der Waals surface area contributed by atoms with Gasteiger partial charge in [-0.05, 0) is 11.4 Å². The van der Waals surface area contributed by atoms with Gasteiger partial charge < -0.3 is 5.73 Å². The molecule has 0 unspecified atom stereocenters. The van der Waals surface area contributed by atoms with E-state index in [2.05, 4.69) is 16.4 Å². The van der Waals surface area contributed by atoms with E-state index in [1.54, 1.807) is 22.7 Å². The number of thiazole rings is 1. The van der Waals surface area contributed by atoms with Gasteiger partial charge in [0, 0.05) is 11.9 Å². The maximum atomic E-state index is 5.46. The summed E-state index contributed by atoms with van der Waals surface area (Å²) in [7, 11) is 0. The van der Waals surface area contributed by atoms with Crippen LogP contribution in [0.4, 0.5) is 0 Å². The first-order valence-electron chi connectivity index (χ1n) is 3.58. The molecule has 0 fully saturated rings. The molecule has 14 heavy (non-hydrogen) atoms. The molecule has 2 nitrogen and oxygen atoms in total. The van der Waals surface area contributed by atoms with Crippen LogP contribution in [-0.4, -0.2) is 4.98 Å². The quantitative estimate of drug-likeness (QED) is 0.909. The Hall–Kier alpha value is -0.130. The van der Waals surface area contributed by atoms with Crippen molar-refractivity contribution in [3.63, 3.8) is 0 Å². The summed E-state index contributed by atoms with van der Waals surface area (Å²) in [5.41, 5.74) is 6.44. The van der Waals surface area contributed by atoms with Gasteiger partial charge >= 0.3 is 0 Å². The maximum absolute atomic E-state index is 5.46. The minimum atomic E-state index is 0. The van der Waals surface area contributed by atoms with Crippen LogP contribution in [0.25, 0.3) is 9.88 Å². The van der Waals surface area contributed by atoms with Crippen LogP contribution in [0.3, 0.4) is 0 Å². The molecule has 0 amide bonds. The number of aromatic nitrogens is 1. The lowest BCUT2D eigenvalue weighted by Gasteiger charge is -1.86. The molecule has 2 heterocycles. The molecular formula is C8H10Cl2N2S2. The zero-order valence-electron chi connectivity index (χ0n) is 7.17. The Balaban J connectivity index is 0.000000845. The smallest absolute Gasteiger partial charge is 0.133 e. The summed E-state index contributed by atoms with van der Waals surface area (Å²) in [6.07, 6.45) is 0. The van der Waals surface area contributed by atoms with Gasteiger partial charge in [0.2, 0.25) is 0 Å². The van der Waals surface area contributed by atoms with E-state index in [0.717, 1.165) is 10.7 Å². The van der Waals surface area contributed by atoms with Gasteiger partial charge in [0.05, 0.1) is 10.6 Å².